The van der Waals surface area contributed by atoms with Crippen molar-refractivity contribution in [3.05, 3.63) is 57.5 Å². The van der Waals surface area contributed by atoms with E-state index in [0.29, 0.717) is 24.9 Å². The molecule has 0 unspecified atom stereocenters. The number of pyridine rings is 1. The molecule has 7 nitrogen and oxygen atoms in total. The Balaban J connectivity index is 1.42. The molecule has 1 saturated carbocycles. The van der Waals surface area contributed by atoms with Crippen molar-refractivity contribution in [2.75, 3.05) is 13.1 Å². The van der Waals surface area contributed by atoms with Crippen LogP contribution in [-0.4, -0.2) is 39.1 Å². The molecule has 3 aromatic rings. The number of H-pyrrole nitrogens is 1. The van der Waals surface area contributed by atoms with E-state index in [1.807, 2.05) is 30.0 Å². The summed E-state index contributed by atoms with van der Waals surface area (Å²) in [4.78, 5) is 31.2. The number of amides is 1. The summed E-state index contributed by atoms with van der Waals surface area (Å²) < 4.78 is 5.09. The molecular weight excluding hydrogens is 356 g/mol. The molecule has 1 saturated heterocycles. The normalized spacial score (nSPS) is 18.0. The number of aromatic amines is 1. The molecule has 1 N–H and O–H groups in total. The second kappa shape index (κ2) is 6.58. The molecule has 1 aromatic carbocycles. The van der Waals surface area contributed by atoms with E-state index in [9.17, 15) is 9.59 Å². The van der Waals surface area contributed by atoms with Crippen LogP contribution < -0.4 is 5.76 Å². The molecule has 1 amide bonds. The number of nitrogens with one attached hydrogen (secondary N) is 1. The van der Waals surface area contributed by atoms with Crippen LogP contribution in [0.25, 0.3) is 10.9 Å². The van der Waals surface area contributed by atoms with Crippen molar-refractivity contribution in [1.29, 1.82) is 0 Å². The summed E-state index contributed by atoms with van der Waals surface area (Å²) >= 11 is 0. The van der Waals surface area contributed by atoms with Crippen molar-refractivity contribution in [2.45, 2.75) is 44.4 Å². The summed E-state index contributed by atoms with van der Waals surface area (Å²) in [6.45, 7) is 3.27. The van der Waals surface area contributed by atoms with Crippen molar-refractivity contribution >= 4 is 16.8 Å². The first-order valence-electron chi connectivity index (χ1n) is 9.84. The van der Waals surface area contributed by atoms with Gasteiger partial charge in [0.15, 0.2) is 0 Å². The van der Waals surface area contributed by atoms with Gasteiger partial charge in [0, 0.05) is 36.0 Å². The Morgan fingerprint density at radius 2 is 1.93 bits per heavy atom. The highest BCUT2D eigenvalue weighted by Gasteiger charge is 2.30. The molecule has 0 radical (unpaired) electrons. The molecule has 3 heterocycles. The largest absolute Gasteiger partial charge is 0.434 e. The number of aryl methyl sites for hydroxylation is 1. The summed E-state index contributed by atoms with van der Waals surface area (Å²) in [5.41, 5.74) is 3.80. The van der Waals surface area contributed by atoms with Crippen LogP contribution in [0.3, 0.4) is 0 Å². The van der Waals surface area contributed by atoms with E-state index >= 15 is 0 Å². The number of fused-ring (bicyclic) bond motifs is 1. The highest BCUT2D eigenvalue weighted by molar-refractivity contribution is 6.06. The predicted octanol–water partition coefficient (Wildman–Crippen LogP) is 3.12. The maximum absolute atomic E-state index is 13.4. The van der Waals surface area contributed by atoms with Gasteiger partial charge < -0.3 is 9.32 Å². The minimum Gasteiger partial charge on any atom is -0.392 e. The number of hydrogen-bond acceptors (Lipinski definition) is 5. The third-order valence-corrected chi connectivity index (χ3v) is 5.80. The third-order valence-electron chi connectivity index (χ3n) is 5.80. The van der Waals surface area contributed by atoms with Crippen LogP contribution in [0.2, 0.25) is 0 Å². The number of carbonyl (C=O) groups excluding carboxylic acids is 1. The summed E-state index contributed by atoms with van der Waals surface area (Å²) in [7, 11) is 0. The lowest BCUT2D eigenvalue weighted by Gasteiger charge is -2.31. The lowest BCUT2D eigenvalue weighted by Crippen LogP contribution is -2.38. The van der Waals surface area contributed by atoms with E-state index in [-0.39, 0.29) is 11.8 Å². The van der Waals surface area contributed by atoms with E-state index in [0.717, 1.165) is 53.4 Å². The van der Waals surface area contributed by atoms with Gasteiger partial charge in [0.05, 0.1) is 11.1 Å². The average Bonchev–Trinajstić information content (AvgIpc) is 3.47. The van der Waals surface area contributed by atoms with Gasteiger partial charge in [-0.15, -0.1) is 5.10 Å². The minimum atomic E-state index is -0.528. The van der Waals surface area contributed by atoms with Gasteiger partial charge >= 0.3 is 5.76 Å². The Labute approximate surface area is 161 Å². The zero-order valence-corrected chi connectivity index (χ0v) is 15.8. The minimum absolute atomic E-state index is 0.0573. The van der Waals surface area contributed by atoms with E-state index in [4.69, 9.17) is 9.40 Å². The zero-order valence-electron chi connectivity index (χ0n) is 15.8. The number of benzene rings is 1. The fraction of sp³-hybridized carbons (Fsp3) is 0.429. The first-order chi connectivity index (χ1) is 13.6. The summed E-state index contributed by atoms with van der Waals surface area (Å²) in [6.07, 6.45) is 3.77. The number of carbonyl (C=O) groups is 1. The average molecular weight is 378 g/mol. The van der Waals surface area contributed by atoms with Crippen LogP contribution in [0.1, 0.15) is 65.0 Å². The molecule has 0 bridgehead atoms. The van der Waals surface area contributed by atoms with E-state index in [1.54, 1.807) is 0 Å². The van der Waals surface area contributed by atoms with E-state index in [2.05, 4.69) is 16.3 Å². The standard InChI is InChI=1S/C21H22N4O3/c1-12-2-5-17-15(10-12)16(11-18(22-17)13-3-4-13)20(26)25-8-6-14(7-9-25)19-23-24-21(27)28-19/h2,5,10-11,13-14H,3-4,6-9H2,1H3,(H,24,27). The maximum Gasteiger partial charge on any atom is 0.434 e. The van der Waals surface area contributed by atoms with E-state index in [1.165, 1.54) is 0 Å². The molecule has 1 aliphatic heterocycles. The van der Waals surface area contributed by atoms with Gasteiger partial charge in [0.2, 0.25) is 5.89 Å². The van der Waals surface area contributed by atoms with Gasteiger partial charge in [-0.25, -0.2) is 9.89 Å². The summed E-state index contributed by atoms with van der Waals surface area (Å²) in [5.74, 6) is 0.534. The monoisotopic (exact) mass is 378 g/mol. The van der Waals surface area contributed by atoms with Crippen LogP contribution in [0.4, 0.5) is 0 Å². The Kier molecular flexibility index (Phi) is 4.03. The molecule has 2 aromatic heterocycles. The van der Waals surface area contributed by atoms with Crippen LogP contribution >= 0.6 is 0 Å². The Hall–Kier alpha value is -2.96. The topological polar surface area (TPSA) is 92.1 Å². The third kappa shape index (κ3) is 3.10. The van der Waals surface area contributed by atoms with Gasteiger partial charge in [-0.3, -0.25) is 9.78 Å². The number of hydrogen-bond donors (Lipinski definition) is 1. The first-order valence-corrected chi connectivity index (χ1v) is 9.84. The fourth-order valence-electron chi connectivity index (χ4n) is 4.04. The van der Waals surface area contributed by atoms with Crippen molar-refractivity contribution in [2.24, 2.45) is 0 Å². The van der Waals surface area contributed by atoms with Crippen molar-refractivity contribution in [3.63, 3.8) is 0 Å². The van der Waals surface area contributed by atoms with Gasteiger partial charge in [0.1, 0.15) is 0 Å². The quantitative estimate of drug-likeness (QED) is 0.756. The van der Waals surface area contributed by atoms with Gasteiger partial charge in [-0.2, -0.15) is 0 Å². The Morgan fingerprint density at radius 1 is 1.14 bits per heavy atom. The smallest absolute Gasteiger partial charge is 0.392 e. The Morgan fingerprint density at radius 3 is 2.61 bits per heavy atom. The second-order valence-electron chi connectivity index (χ2n) is 7.91. The van der Waals surface area contributed by atoms with Gasteiger partial charge in [0.25, 0.3) is 5.91 Å². The molecule has 28 heavy (non-hydrogen) atoms. The SMILES string of the molecule is Cc1ccc2nc(C3CC3)cc(C(=O)N3CCC(c4n[nH]c(=O)o4)CC3)c2c1. The van der Waals surface area contributed by atoms with Crippen molar-refractivity contribution < 1.29 is 9.21 Å². The van der Waals surface area contributed by atoms with Crippen LogP contribution in [0, 0.1) is 6.92 Å². The highest BCUT2D eigenvalue weighted by atomic mass is 16.4. The Bertz CT molecular complexity index is 1100. The molecule has 5 rings (SSSR count). The molecule has 144 valence electrons. The lowest BCUT2D eigenvalue weighted by molar-refractivity contribution is 0.0707. The van der Waals surface area contributed by atoms with Crippen LogP contribution in [0.5, 0.6) is 0 Å². The maximum atomic E-state index is 13.4. The van der Waals surface area contributed by atoms with Gasteiger partial charge in [-0.1, -0.05) is 11.6 Å². The molecule has 7 heteroatoms. The molecule has 1 aliphatic carbocycles. The molecule has 2 aliphatic rings. The van der Waals surface area contributed by atoms with Crippen LogP contribution in [0.15, 0.2) is 33.5 Å². The second-order valence-corrected chi connectivity index (χ2v) is 7.91. The number of rotatable bonds is 3. The number of aromatic nitrogens is 3. The summed E-state index contributed by atoms with van der Waals surface area (Å²) in [6, 6.07) is 8.11. The van der Waals surface area contributed by atoms with Gasteiger partial charge in [-0.05, 0) is 50.8 Å². The zero-order chi connectivity index (χ0) is 19.3. The number of piperidine rings is 1. The van der Waals surface area contributed by atoms with Crippen LogP contribution in [-0.2, 0) is 0 Å². The molecule has 2 fully saturated rings. The highest BCUT2D eigenvalue weighted by Crippen LogP contribution is 2.40. The first kappa shape index (κ1) is 17.2. The fourth-order valence-corrected chi connectivity index (χ4v) is 4.04. The summed E-state index contributed by atoms with van der Waals surface area (Å²) in [5, 5.41) is 7.18. The van der Waals surface area contributed by atoms with Crippen molar-refractivity contribution in [1.82, 2.24) is 20.1 Å². The van der Waals surface area contributed by atoms with Crippen molar-refractivity contribution in [3.8, 4) is 0 Å². The number of nitrogens with zero attached hydrogens (tertiary/aromatic N) is 3. The molecule has 0 atom stereocenters. The lowest BCUT2D eigenvalue weighted by atomic mass is 9.95. The molecular formula is C21H22N4O3. The number of likely N-dealkylation sites (tertiary alicyclic amines) is 1. The predicted molar refractivity (Wildman–Crippen MR) is 103 cm³/mol. The molecule has 0 spiro atoms. The van der Waals surface area contributed by atoms with E-state index < -0.39 is 5.76 Å².